The van der Waals surface area contributed by atoms with Gasteiger partial charge in [0.05, 0.1) is 12.6 Å². The van der Waals surface area contributed by atoms with Gasteiger partial charge < -0.3 is 5.11 Å². The van der Waals surface area contributed by atoms with Crippen LogP contribution in [0.5, 0.6) is 0 Å². The molecule has 2 rings (SSSR count). The van der Waals surface area contributed by atoms with Crippen molar-refractivity contribution in [1.29, 1.82) is 0 Å². The van der Waals surface area contributed by atoms with Gasteiger partial charge in [0.2, 0.25) is 0 Å². The van der Waals surface area contributed by atoms with Gasteiger partial charge in [-0.25, -0.2) is 0 Å². The van der Waals surface area contributed by atoms with Gasteiger partial charge in [-0.15, -0.1) is 6.58 Å². The van der Waals surface area contributed by atoms with Crippen molar-refractivity contribution in [3.05, 3.63) is 66.5 Å². The molecule has 0 bridgehead atoms. The Bertz CT molecular complexity index is 463. The summed E-state index contributed by atoms with van der Waals surface area (Å²) in [6.07, 6.45) is 4.59. The van der Waals surface area contributed by atoms with Crippen molar-refractivity contribution in [1.82, 2.24) is 9.78 Å². The zero-order valence-corrected chi connectivity index (χ0v) is 8.95. The molecule has 3 nitrogen and oxygen atoms in total. The number of hydrogen-bond acceptors (Lipinski definition) is 2. The highest BCUT2D eigenvalue weighted by Crippen LogP contribution is 2.15. The lowest BCUT2D eigenvalue weighted by Crippen LogP contribution is -2.01. The van der Waals surface area contributed by atoms with Crippen LogP contribution in [0.2, 0.25) is 0 Å². The first-order chi connectivity index (χ1) is 7.79. The first kappa shape index (κ1) is 10.6. The predicted octanol–water partition coefficient (Wildman–Crippen LogP) is 2.15. The van der Waals surface area contributed by atoms with Gasteiger partial charge in [-0.1, -0.05) is 30.3 Å². The third kappa shape index (κ3) is 2.38. The van der Waals surface area contributed by atoms with Crippen LogP contribution in [-0.4, -0.2) is 14.9 Å². The third-order valence-corrected chi connectivity index (χ3v) is 2.42. The molecule has 0 aliphatic rings. The quantitative estimate of drug-likeness (QED) is 0.792. The molecule has 0 fully saturated rings. The van der Waals surface area contributed by atoms with E-state index in [2.05, 4.69) is 11.7 Å². The van der Waals surface area contributed by atoms with Gasteiger partial charge in [-0.05, 0) is 17.2 Å². The fourth-order valence-corrected chi connectivity index (χ4v) is 1.59. The van der Waals surface area contributed by atoms with Crippen LogP contribution >= 0.6 is 0 Å². The minimum Gasteiger partial charge on any atom is -0.384 e. The number of nitrogens with zero attached hydrogens (tertiary/aromatic N) is 2. The van der Waals surface area contributed by atoms with Crippen molar-refractivity contribution >= 4 is 0 Å². The SMILES string of the molecule is C=CC(O)c1cccc(Cn2cccn2)c1. The van der Waals surface area contributed by atoms with Crippen molar-refractivity contribution in [2.45, 2.75) is 12.6 Å². The second-order valence-electron chi connectivity index (χ2n) is 3.63. The molecule has 1 aromatic carbocycles. The van der Waals surface area contributed by atoms with Crippen molar-refractivity contribution in [3.63, 3.8) is 0 Å². The molecule has 1 heterocycles. The average Bonchev–Trinajstić information content (AvgIpc) is 2.81. The van der Waals surface area contributed by atoms with Gasteiger partial charge in [0.1, 0.15) is 0 Å². The summed E-state index contributed by atoms with van der Waals surface area (Å²) in [6.45, 7) is 4.29. The molecule has 0 saturated heterocycles. The van der Waals surface area contributed by atoms with E-state index < -0.39 is 6.10 Å². The predicted molar refractivity (Wildman–Crippen MR) is 62.9 cm³/mol. The maximum Gasteiger partial charge on any atom is 0.0969 e. The van der Waals surface area contributed by atoms with E-state index in [9.17, 15) is 5.11 Å². The van der Waals surface area contributed by atoms with Crippen LogP contribution in [0, 0.1) is 0 Å². The molecule has 0 aliphatic heterocycles. The van der Waals surface area contributed by atoms with Crippen LogP contribution < -0.4 is 0 Å². The number of rotatable bonds is 4. The maximum absolute atomic E-state index is 9.64. The van der Waals surface area contributed by atoms with Crippen molar-refractivity contribution < 1.29 is 5.11 Å². The highest BCUT2D eigenvalue weighted by Gasteiger charge is 2.03. The number of benzene rings is 1. The fourth-order valence-electron chi connectivity index (χ4n) is 1.59. The van der Waals surface area contributed by atoms with E-state index >= 15 is 0 Å². The summed E-state index contributed by atoms with van der Waals surface area (Å²) in [6, 6.07) is 9.69. The lowest BCUT2D eigenvalue weighted by Gasteiger charge is -2.08. The van der Waals surface area contributed by atoms with Gasteiger partial charge in [0.15, 0.2) is 0 Å². The Hall–Kier alpha value is -1.87. The maximum atomic E-state index is 9.64. The average molecular weight is 214 g/mol. The summed E-state index contributed by atoms with van der Waals surface area (Å²) in [4.78, 5) is 0. The molecule has 82 valence electrons. The molecule has 2 aromatic rings. The van der Waals surface area contributed by atoms with E-state index in [1.54, 1.807) is 6.20 Å². The number of aliphatic hydroxyl groups is 1. The Morgan fingerprint density at radius 2 is 2.31 bits per heavy atom. The van der Waals surface area contributed by atoms with Crippen molar-refractivity contribution in [2.75, 3.05) is 0 Å². The lowest BCUT2D eigenvalue weighted by molar-refractivity contribution is 0.229. The van der Waals surface area contributed by atoms with Gasteiger partial charge in [0.25, 0.3) is 0 Å². The molecule has 0 radical (unpaired) electrons. The van der Waals surface area contributed by atoms with E-state index in [1.807, 2.05) is 41.2 Å². The summed E-state index contributed by atoms with van der Waals surface area (Å²) < 4.78 is 1.85. The fraction of sp³-hybridized carbons (Fsp3) is 0.154. The molecule has 16 heavy (non-hydrogen) atoms. The summed E-state index contributed by atoms with van der Waals surface area (Å²) in [5, 5.41) is 13.8. The number of aliphatic hydroxyl groups excluding tert-OH is 1. The third-order valence-electron chi connectivity index (χ3n) is 2.42. The van der Waals surface area contributed by atoms with Crippen LogP contribution in [0.1, 0.15) is 17.2 Å². The second kappa shape index (κ2) is 4.77. The van der Waals surface area contributed by atoms with E-state index in [0.29, 0.717) is 6.54 Å². The smallest absolute Gasteiger partial charge is 0.0969 e. The molecule has 3 heteroatoms. The zero-order valence-electron chi connectivity index (χ0n) is 8.95. The van der Waals surface area contributed by atoms with Crippen LogP contribution in [-0.2, 0) is 6.54 Å². The molecule has 1 N–H and O–H groups in total. The lowest BCUT2D eigenvalue weighted by atomic mass is 10.1. The van der Waals surface area contributed by atoms with Gasteiger partial charge in [-0.2, -0.15) is 5.10 Å². The Kier molecular flexibility index (Phi) is 3.17. The molecule has 0 amide bonds. The van der Waals surface area contributed by atoms with E-state index in [4.69, 9.17) is 0 Å². The first-order valence-electron chi connectivity index (χ1n) is 5.16. The Morgan fingerprint density at radius 3 is 3.00 bits per heavy atom. The van der Waals surface area contributed by atoms with E-state index in [-0.39, 0.29) is 0 Å². The molecular formula is C13H14N2O. The molecule has 0 aliphatic carbocycles. The van der Waals surface area contributed by atoms with Gasteiger partial charge >= 0.3 is 0 Å². The number of aromatic nitrogens is 2. The molecular weight excluding hydrogens is 200 g/mol. The highest BCUT2D eigenvalue weighted by atomic mass is 16.3. The minimum atomic E-state index is -0.599. The van der Waals surface area contributed by atoms with Crippen molar-refractivity contribution in [2.24, 2.45) is 0 Å². The molecule has 1 atom stereocenters. The molecule has 0 spiro atoms. The van der Waals surface area contributed by atoms with Crippen LogP contribution in [0.3, 0.4) is 0 Å². The molecule has 0 saturated carbocycles. The summed E-state index contributed by atoms with van der Waals surface area (Å²) in [5.41, 5.74) is 1.97. The van der Waals surface area contributed by atoms with E-state index in [0.717, 1.165) is 11.1 Å². The Labute approximate surface area is 94.7 Å². The standard InChI is InChI=1S/C13H14N2O/c1-2-13(16)12-6-3-5-11(9-12)10-15-8-4-7-14-15/h2-9,13,16H,1,10H2. The minimum absolute atomic E-state index is 0.599. The van der Waals surface area contributed by atoms with Crippen LogP contribution in [0.4, 0.5) is 0 Å². The first-order valence-corrected chi connectivity index (χ1v) is 5.16. The monoisotopic (exact) mass is 214 g/mol. The topological polar surface area (TPSA) is 38.0 Å². The normalized spacial score (nSPS) is 12.3. The summed E-state index contributed by atoms with van der Waals surface area (Å²) in [5.74, 6) is 0. The Balaban J connectivity index is 2.19. The van der Waals surface area contributed by atoms with Gasteiger partial charge in [0, 0.05) is 12.4 Å². The molecule has 1 unspecified atom stereocenters. The summed E-state index contributed by atoms with van der Waals surface area (Å²) >= 11 is 0. The van der Waals surface area contributed by atoms with Crippen LogP contribution in [0.15, 0.2) is 55.4 Å². The van der Waals surface area contributed by atoms with Crippen LogP contribution in [0.25, 0.3) is 0 Å². The van der Waals surface area contributed by atoms with Crippen molar-refractivity contribution in [3.8, 4) is 0 Å². The zero-order chi connectivity index (χ0) is 11.4. The molecule has 1 aromatic heterocycles. The second-order valence-corrected chi connectivity index (χ2v) is 3.63. The highest BCUT2D eigenvalue weighted by molar-refractivity contribution is 5.27. The van der Waals surface area contributed by atoms with Gasteiger partial charge in [-0.3, -0.25) is 4.68 Å². The van der Waals surface area contributed by atoms with E-state index in [1.165, 1.54) is 6.08 Å². The summed E-state index contributed by atoms with van der Waals surface area (Å²) in [7, 11) is 0. The Morgan fingerprint density at radius 1 is 1.44 bits per heavy atom. The number of hydrogen-bond donors (Lipinski definition) is 1. The largest absolute Gasteiger partial charge is 0.384 e.